The van der Waals surface area contributed by atoms with Crippen LogP contribution in [0.15, 0.2) is 36.7 Å². The molecule has 2 aromatic rings. The number of methoxy groups -OCH3 is 1. The van der Waals surface area contributed by atoms with Gasteiger partial charge < -0.3 is 14.6 Å². The number of nitrogens with zero attached hydrogens (tertiary/aromatic N) is 2. The molecule has 0 fully saturated rings. The number of hydrogen-bond acceptors (Lipinski definition) is 3. The van der Waals surface area contributed by atoms with Crippen LogP contribution in [0.5, 0.6) is 5.75 Å². The molecule has 0 amide bonds. The Morgan fingerprint density at radius 1 is 1.21 bits per heavy atom. The normalized spacial score (nSPS) is 10.6. The number of aryl methyl sites for hydroxylation is 2. The highest BCUT2D eigenvalue weighted by Gasteiger charge is 2.03. The topological polar surface area (TPSA) is 39.1 Å². The molecule has 1 heterocycles. The van der Waals surface area contributed by atoms with Gasteiger partial charge in [0.2, 0.25) is 0 Å². The van der Waals surface area contributed by atoms with E-state index in [4.69, 9.17) is 4.74 Å². The van der Waals surface area contributed by atoms with Crippen LogP contribution < -0.4 is 10.1 Å². The number of hydrogen-bond donors (Lipinski definition) is 1. The predicted octanol–water partition coefficient (Wildman–Crippen LogP) is 1.90. The van der Waals surface area contributed by atoms with Crippen LogP contribution in [-0.4, -0.2) is 30.3 Å². The van der Waals surface area contributed by atoms with Crippen molar-refractivity contribution in [1.82, 2.24) is 14.9 Å². The van der Waals surface area contributed by atoms with E-state index in [0.29, 0.717) is 0 Å². The van der Waals surface area contributed by atoms with Crippen molar-refractivity contribution in [3.63, 3.8) is 0 Å². The highest BCUT2D eigenvalue weighted by Crippen LogP contribution is 2.13. The highest BCUT2D eigenvalue weighted by molar-refractivity contribution is 5.27. The van der Waals surface area contributed by atoms with Crippen molar-refractivity contribution in [3.05, 3.63) is 48.0 Å². The van der Waals surface area contributed by atoms with Crippen LogP contribution in [0.2, 0.25) is 0 Å². The first-order valence-electron chi connectivity index (χ1n) is 6.61. The van der Waals surface area contributed by atoms with Crippen molar-refractivity contribution >= 4 is 0 Å². The molecular formula is C15H21N3O. The van der Waals surface area contributed by atoms with Crippen molar-refractivity contribution in [1.29, 1.82) is 0 Å². The Morgan fingerprint density at radius 3 is 2.68 bits per heavy atom. The molecule has 1 aromatic heterocycles. The van der Waals surface area contributed by atoms with Gasteiger partial charge in [-0.05, 0) is 31.2 Å². The van der Waals surface area contributed by atoms with Crippen molar-refractivity contribution < 1.29 is 4.74 Å². The molecule has 1 aromatic carbocycles. The summed E-state index contributed by atoms with van der Waals surface area (Å²) in [5.74, 6) is 2.05. The minimum atomic E-state index is 0.902. The molecule has 0 saturated heterocycles. The second-order valence-electron chi connectivity index (χ2n) is 4.49. The lowest BCUT2D eigenvalue weighted by atomic mass is 10.1. The van der Waals surface area contributed by atoms with E-state index >= 15 is 0 Å². The van der Waals surface area contributed by atoms with Gasteiger partial charge in [-0.2, -0.15) is 0 Å². The van der Waals surface area contributed by atoms with Gasteiger partial charge in [-0.15, -0.1) is 0 Å². The van der Waals surface area contributed by atoms with E-state index in [2.05, 4.69) is 27.0 Å². The third-order valence-corrected chi connectivity index (χ3v) is 3.20. The Bertz CT molecular complexity index is 490. The molecule has 1 N–H and O–H groups in total. The van der Waals surface area contributed by atoms with Gasteiger partial charge in [0.1, 0.15) is 11.6 Å². The lowest BCUT2D eigenvalue weighted by molar-refractivity contribution is 0.414. The molecule has 0 saturated carbocycles. The number of likely N-dealkylation sites (N-methyl/N-ethyl adjacent to an activating group) is 1. The Hall–Kier alpha value is -1.81. The van der Waals surface area contributed by atoms with E-state index in [9.17, 15) is 0 Å². The van der Waals surface area contributed by atoms with Crippen LogP contribution in [0.1, 0.15) is 11.4 Å². The third-order valence-electron chi connectivity index (χ3n) is 3.20. The summed E-state index contributed by atoms with van der Waals surface area (Å²) in [5, 5.41) is 3.16. The van der Waals surface area contributed by atoms with Crippen LogP contribution in [0, 0.1) is 0 Å². The summed E-state index contributed by atoms with van der Waals surface area (Å²) < 4.78 is 7.37. The van der Waals surface area contributed by atoms with Gasteiger partial charge in [0.25, 0.3) is 0 Å². The molecule has 0 aliphatic rings. The maximum absolute atomic E-state index is 5.16. The Balaban J connectivity index is 1.92. The summed E-state index contributed by atoms with van der Waals surface area (Å²) in [5.41, 5.74) is 1.31. The zero-order valence-electron chi connectivity index (χ0n) is 11.6. The van der Waals surface area contributed by atoms with Crippen molar-refractivity contribution in [2.75, 3.05) is 20.7 Å². The molecule has 4 nitrogen and oxygen atoms in total. The van der Waals surface area contributed by atoms with Crippen LogP contribution >= 0.6 is 0 Å². The van der Waals surface area contributed by atoms with Crippen molar-refractivity contribution in [2.45, 2.75) is 19.4 Å². The van der Waals surface area contributed by atoms with E-state index < -0.39 is 0 Å². The predicted molar refractivity (Wildman–Crippen MR) is 76.6 cm³/mol. The quantitative estimate of drug-likeness (QED) is 0.825. The number of ether oxygens (including phenoxy) is 1. The van der Waals surface area contributed by atoms with Gasteiger partial charge in [0.05, 0.1) is 7.11 Å². The standard InChI is InChI=1S/C15H21N3O/c1-16-9-11-18-12-10-17-15(18)8-5-13-3-6-14(19-2)7-4-13/h3-4,6-7,10,12,16H,5,8-9,11H2,1-2H3. The summed E-state index contributed by atoms with van der Waals surface area (Å²) in [6.45, 7) is 1.93. The van der Waals surface area contributed by atoms with Crippen LogP contribution in [0.4, 0.5) is 0 Å². The van der Waals surface area contributed by atoms with E-state index in [1.54, 1.807) is 7.11 Å². The first-order valence-corrected chi connectivity index (χ1v) is 6.61. The first kappa shape index (κ1) is 13.6. The molecule has 0 spiro atoms. The molecule has 102 valence electrons. The largest absolute Gasteiger partial charge is 0.497 e. The summed E-state index contributed by atoms with van der Waals surface area (Å²) in [6, 6.07) is 8.23. The van der Waals surface area contributed by atoms with Gasteiger partial charge in [0.15, 0.2) is 0 Å². The first-order chi connectivity index (χ1) is 9.33. The number of benzene rings is 1. The van der Waals surface area contributed by atoms with Gasteiger partial charge in [-0.25, -0.2) is 4.98 Å². The Labute approximate surface area is 114 Å². The molecule has 2 rings (SSSR count). The van der Waals surface area contributed by atoms with Crippen LogP contribution in [-0.2, 0) is 19.4 Å². The molecule has 0 unspecified atom stereocenters. The van der Waals surface area contributed by atoms with Gasteiger partial charge in [0, 0.05) is 31.9 Å². The van der Waals surface area contributed by atoms with Gasteiger partial charge in [-0.3, -0.25) is 0 Å². The monoisotopic (exact) mass is 259 g/mol. The zero-order valence-corrected chi connectivity index (χ0v) is 11.6. The number of nitrogens with one attached hydrogen (secondary N) is 1. The minimum absolute atomic E-state index is 0.902. The average molecular weight is 259 g/mol. The van der Waals surface area contributed by atoms with E-state index in [1.165, 1.54) is 5.56 Å². The van der Waals surface area contributed by atoms with Gasteiger partial charge in [-0.1, -0.05) is 12.1 Å². The molecule has 0 bridgehead atoms. The minimum Gasteiger partial charge on any atom is -0.497 e. The third kappa shape index (κ3) is 3.83. The highest BCUT2D eigenvalue weighted by atomic mass is 16.5. The lowest BCUT2D eigenvalue weighted by Crippen LogP contribution is -2.16. The smallest absolute Gasteiger partial charge is 0.118 e. The summed E-state index contributed by atoms with van der Waals surface area (Å²) in [4.78, 5) is 4.43. The molecule has 0 atom stereocenters. The Morgan fingerprint density at radius 2 is 2.00 bits per heavy atom. The second kappa shape index (κ2) is 6.95. The molecule has 0 aliphatic heterocycles. The maximum Gasteiger partial charge on any atom is 0.118 e. The fraction of sp³-hybridized carbons (Fsp3) is 0.400. The number of imidazole rings is 1. The van der Waals surface area contributed by atoms with Crippen molar-refractivity contribution in [3.8, 4) is 5.75 Å². The molecule has 4 heteroatoms. The van der Waals surface area contributed by atoms with Crippen LogP contribution in [0.3, 0.4) is 0 Å². The SMILES string of the molecule is CNCCn1ccnc1CCc1ccc(OC)cc1. The van der Waals surface area contributed by atoms with E-state index in [1.807, 2.05) is 31.6 Å². The molecular weight excluding hydrogens is 238 g/mol. The Kier molecular flexibility index (Phi) is 4.98. The number of rotatable bonds is 7. The van der Waals surface area contributed by atoms with E-state index in [-0.39, 0.29) is 0 Å². The zero-order chi connectivity index (χ0) is 13.5. The van der Waals surface area contributed by atoms with Crippen molar-refractivity contribution in [2.24, 2.45) is 0 Å². The van der Waals surface area contributed by atoms with Gasteiger partial charge >= 0.3 is 0 Å². The molecule has 19 heavy (non-hydrogen) atoms. The lowest BCUT2D eigenvalue weighted by Gasteiger charge is -2.08. The summed E-state index contributed by atoms with van der Waals surface area (Å²) in [7, 11) is 3.65. The fourth-order valence-electron chi connectivity index (χ4n) is 2.05. The number of aromatic nitrogens is 2. The summed E-state index contributed by atoms with van der Waals surface area (Å²) >= 11 is 0. The van der Waals surface area contributed by atoms with Crippen LogP contribution in [0.25, 0.3) is 0 Å². The second-order valence-corrected chi connectivity index (χ2v) is 4.49. The summed E-state index contributed by atoms with van der Waals surface area (Å²) in [6.07, 6.45) is 5.88. The molecule has 0 radical (unpaired) electrons. The fourth-order valence-corrected chi connectivity index (χ4v) is 2.05. The maximum atomic E-state index is 5.16. The molecule has 0 aliphatic carbocycles. The average Bonchev–Trinajstić information content (AvgIpc) is 2.91. The van der Waals surface area contributed by atoms with E-state index in [0.717, 1.165) is 37.5 Å².